The van der Waals surface area contributed by atoms with E-state index in [-0.39, 0.29) is 17.5 Å². The van der Waals surface area contributed by atoms with Gasteiger partial charge in [0.2, 0.25) is 11.8 Å². The van der Waals surface area contributed by atoms with E-state index in [0.717, 1.165) is 0 Å². The second-order valence-corrected chi connectivity index (χ2v) is 4.35. The number of rotatable bonds is 3. The van der Waals surface area contributed by atoms with E-state index in [1.54, 1.807) is 13.0 Å². The molecule has 0 fully saturated rings. The van der Waals surface area contributed by atoms with Crippen molar-refractivity contribution in [2.45, 2.75) is 26.2 Å². The van der Waals surface area contributed by atoms with Crippen LogP contribution in [0.25, 0.3) is 0 Å². The van der Waals surface area contributed by atoms with Gasteiger partial charge in [-0.3, -0.25) is 0 Å². The SMILES string of the molecule is Cc1nnc(C(C)Nc2ccc3c(c2)OC(F)(F)O3)o1. The van der Waals surface area contributed by atoms with Gasteiger partial charge in [-0.2, -0.15) is 0 Å². The molecule has 0 spiro atoms. The molecule has 2 aromatic rings. The molecular weight excluding hydrogens is 272 g/mol. The first-order chi connectivity index (χ1) is 9.43. The van der Waals surface area contributed by atoms with Crippen LogP contribution < -0.4 is 14.8 Å². The first-order valence-electron chi connectivity index (χ1n) is 5.89. The molecule has 3 rings (SSSR count). The Morgan fingerprint density at radius 2 is 1.95 bits per heavy atom. The lowest BCUT2D eigenvalue weighted by atomic mass is 10.2. The molecule has 1 aromatic heterocycles. The first-order valence-corrected chi connectivity index (χ1v) is 5.89. The molecule has 1 unspecified atom stereocenters. The third kappa shape index (κ3) is 2.36. The number of hydrogen-bond donors (Lipinski definition) is 1. The average molecular weight is 283 g/mol. The third-order valence-electron chi connectivity index (χ3n) is 2.70. The minimum Gasteiger partial charge on any atom is -0.423 e. The summed E-state index contributed by atoms with van der Waals surface area (Å²) in [5.74, 6) is 0.847. The summed E-state index contributed by atoms with van der Waals surface area (Å²) in [6.45, 7) is 3.50. The van der Waals surface area contributed by atoms with Crippen molar-refractivity contribution < 1.29 is 22.7 Å². The number of nitrogens with zero attached hydrogens (tertiary/aromatic N) is 2. The summed E-state index contributed by atoms with van der Waals surface area (Å²) in [7, 11) is 0. The fourth-order valence-corrected chi connectivity index (χ4v) is 1.84. The number of anilines is 1. The van der Waals surface area contributed by atoms with Crippen molar-refractivity contribution in [3.8, 4) is 11.5 Å². The lowest BCUT2D eigenvalue weighted by Gasteiger charge is -2.11. The number of alkyl halides is 2. The lowest BCUT2D eigenvalue weighted by Crippen LogP contribution is -2.25. The zero-order chi connectivity index (χ0) is 14.3. The topological polar surface area (TPSA) is 69.4 Å². The highest BCUT2D eigenvalue weighted by molar-refractivity contribution is 5.56. The minimum absolute atomic E-state index is 0.00170. The smallest absolute Gasteiger partial charge is 0.423 e. The van der Waals surface area contributed by atoms with E-state index in [4.69, 9.17) is 4.42 Å². The van der Waals surface area contributed by atoms with Gasteiger partial charge < -0.3 is 19.2 Å². The van der Waals surface area contributed by atoms with Crippen LogP contribution in [0.4, 0.5) is 14.5 Å². The maximum Gasteiger partial charge on any atom is 0.586 e. The number of aryl methyl sites for hydroxylation is 1. The predicted molar refractivity (Wildman–Crippen MR) is 63.7 cm³/mol. The fraction of sp³-hybridized carbons (Fsp3) is 0.333. The van der Waals surface area contributed by atoms with Crippen LogP contribution in [0.3, 0.4) is 0 Å². The monoisotopic (exact) mass is 283 g/mol. The highest BCUT2D eigenvalue weighted by atomic mass is 19.3. The number of nitrogens with one attached hydrogen (secondary N) is 1. The Morgan fingerprint density at radius 1 is 1.20 bits per heavy atom. The summed E-state index contributed by atoms with van der Waals surface area (Å²) in [6, 6.07) is 4.17. The number of hydrogen-bond acceptors (Lipinski definition) is 6. The minimum atomic E-state index is -3.61. The van der Waals surface area contributed by atoms with Gasteiger partial charge in [-0.15, -0.1) is 19.0 Å². The van der Waals surface area contributed by atoms with Gasteiger partial charge in [-0.1, -0.05) is 0 Å². The van der Waals surface area contributed by atoms with Gasteiger partial charge in [0, 0.05) is 18.7 Å². The molecule has 1 aromatic carbocycles. The number of benzene rings is 1. The molecular formula is C12H11F2N3O3. The van der Waals surface area contributed by atoms with Gasteiger partial charge in [0.1, 0.15) is 6.04 Å². The van der Waals surface area contributed by atoms with Gasteiger partial charge in [0.05, 0.1) is 0 Å². The van der Waals surface area contributed by atoms with Crippen LogP contribution >= 0.6 is 0 Å². The molecule has 0 bridgehead atoms. The zero-order valence-corrected chi connectivity index (χ0v) is 10.7. The zero-order valence-electron chi connectivity index (χ0n) is 10.7. The molecule has 0 saturated heterocycles. The molecule has 2 heterocycles. The Morgan fingerprint density at radius 3 is 2.65 bits per heavy atom. The van der Waals surface area contributed by atoms with E-state index < -0.39 is 6.29 Å². The second kappa shape index (κ2) is 4.32. The van der Waals surface area contributed by atoms with E-state index >= 15 is 0 Å². The quantitative estimate of drug-likeness (QED) is 0.934. The third-order valence-corrected chi connectivity index (χ3v) is 2.70. The Labute approximate surface area is 112 Å². The molecule has 0 amide bonds. The molecule has 0 aliphatic carbocycles. The molecule has 20 heavy (non-hydrogen) atoms. The summed E-state index contributed by atoms with van der Waals surface area (Å²) < 4.78 is 39.8. The van der Waals surface area contributed by atoms with Gasteiger partial charge >= 0.3 is 6.29 Å². The van der Waals surface area contributed by atoms with Gasteiger partial charge in [-0.05, 0) is 19.1 Å². The Balaban J connectivity index is 1.76. The van der Waals surface area contributed by atoms with Gasteiger partial charge in [0.25, 0.3) is 0 Å². The van der Waals surface area contributed by atoms with Crippen LogP contribution in [0.5, 0.6) is 11.5 Å². The maximum absolute atomic E-state index is 12.9. The van der Waals surface area contributed by atoms with Crippen LogP contribution in [0, 0.1) is 6.92 Å². The van der Waals surface area contributed by atoms with Crippen molar-refractivity contribution in [1.29, 1.82) is 0 Å². The molecule has 8 heteroatoms. The average Bonchev–Trinajstić information content (AvgIpc) is 2.90. The highest BCUT2D eigenvalue weighted by Crippen LogP contribution is 2.42. The van der Waals surface area contributed by atoms with Gasteiger partial charge in [-0.25, -0.2) is 0 Å². The normalized spacial score (nSPS) is 17.0. The Hall–Kier alpha value is -2.38. The standard InChI is InChI=1S/C12H11F2N3O3/c1-6(11-17-16-7(2)18-11)15-8-3-4-9-10(5-8)20-12(13,14)19-9/h3-6,15H,1-2H3. The number of halogens is 2. The Kier molecular flexibility index (Phi) is 2.73. The summed E-state index contributed by atoms with van der Waals surface area (Å²) in [5, 5.41) is 10.7. The van der Waals surface area contributed by atoms with E-state index in [1.165, 1.54) is 12.1 Å². The van der Waals surface area contributed by atoms with Crippen molar-refractivity contribution in [3.63, 3.8) is 0 Å². The van der Waals surface area contributed by atoms with Crippen LogP contribution in [0.15, 0.2) is 22.6 Å². The number of fused-ring (bicyclic) bond motifs is 1. The van der Waals surface area contributed by atoms with Crippen molar-refractivity contribution in [2.24, 2.45) is 0 Å². The Bertz CT molecular complexity index is 645. The van der Waals surface area contributed by atoms with Gasteiger partial charge in [0.15, 0.2) is 11.5 Å². The van der Waals surface area contributed by atoms with E-state index in [1.807, 2.05) is 6.92 Å². The first kappa shape index (κ1) is 12.6. The largest absolute Gasteiger partial charge is 0.586 e. The van der Waals surface area contributed by atoms with E-state index in [9.17, 15) is 8.78 Å². The molecule has 1 atom stereocenters. The van der Waals surface area contributed by atoms with Crippen LogP contribution in [0.1, 0.15) is 24.7 Å². The van der Waals surface area contributed by atoms with Crippen LogP contribution in [-0.4, -0.2) is 16.5 Å². The fourth-order valence-electron chi connectivity index (χ4n) is 1.84. The van der Waals surface area contributed by atoms with Crippen molar-refractivity contribution in [3.05, 3.63) is 30.0 Å². The summed E-state index contributed by atoms with van der Waals surface area (Å²) >= 11 is 0. The summed E-state index contributed by atoms with van der Waals surface area (Å²) in [6.07, 6.45) is -3.61. The van der Waals surface area contributed by atoms with Crippen LogP contribution in [-0.2, 0) is 0 Å². The molecule has 6 nitrogen and oxygen atoms in total. The molecule has 0 radical (unpaired) electrons. The molecule has 1 N–H and O–H groups in total. The number of ether oxygens (including phenoxy) is 2. The van der Waals surface area contributed by atoms with Crippen molar-refractivity contribution >= 4 is 5.69 Å². The second-order valence-electron chi connectivity index (χ2n) is 4.35. The molecule has 1 aliphatic heterocycles. The summed E-state index contributed by atoms with van der Waals surface area (Å²) in [4.78, 5) is 0. The highest BCUT2D eigenvalue weighted by Gasteiger charge is 2.43. The molecule has 106 valence electrons. The molecule has 0 saturated carbocycles. The van der Waals surface area contributed by atoms with Crippen molar-refractivity contribution in [1.82, 2.24) is 10.2 Å². The van der Waals surface area contributed by atoms with Crippen LogP contribution in [0.2, 0.25) is 0 Å². The van der Waals surface area contributed by atoms with E-state index in [0.29, 0.717) is 17.5 Å². The number of aromatic nitrogens is 2. The maximum atomic E-state index is 12.9. The van der Waals surface area contributed by atoms with Crippen molar-refractivity contribution in [2.75, 3.05) is 5.32 Å². The van der Waals surface area contributed by atoms with E-state index in [2.05, 4.69) is 25.0 Å². The predicted octanol–water partition coefficient (Wildman–Crippen LogP) is 2.87. The lowest BCUT2D eigenvalue weighted by molar-refractivity contribution is -0.286. The molecule has 1 aliphatic rings. The summed E-state index contributed by atoms with van der Waals surface area (Å²) in [5.41, 5.74) is 0.577.